The highest BCUT2D eigenvalue weighted by Gasteiger charge is 2.35. The van der Waals surface area contributed by atoms with Gasteiger partial charge in [0.05, 0.1) is 23.3 Å². The first-order chi connectivity index (χ1) is 15.5. The van der Waals surface area contributed by atoms with Crippen LogP contribution in [0.15, 0.2) is 12.1 Å². The van der Waals surface area contributed by atoms with Crippen molar-refractivity contribution in [3.8, 4) is 5.88 Å². The Morgan fingerprint density at radius 1 is 1.19 bits per heavy atom. The van der Waals surface area contributed by atoms with Crippen LogP contribution in [0.1, 0.15) is 67.4 Å². The Bertz CT molecular complexity index is 1040. The lowest BCUT2D eigenvalue weighted by Crippen LogP contribution is -2.56. The molecule has 5 rings (SSSR count). The van der Waals surface area contributed by atoms with E-state index in [4.69, 9.17) is 16.3 Å². The van der Waals surface area contributed by atoms with Gasteiger partial charge in [-0.25, -0.2) is 0 Å². The van der Waals surface area contributed by atoms with Crippen LogP contribution >= 0.6 is 11.6 Å². The van der Waals surface area contributed by atoms with E-state index in [-0.39, 0.29) is 36.2 Å². The van der Waals surface area contributed by atoms with Gasteiger partial charge in [0.15, 0.2) is 5.69 Å². The number of hydrogen-bond donors (Lipinski definition) is 1. The molecule has 2 aromatic rings. The minimum Gasteiger partial charge on any atom is -0.478 e. The fraction of sp³-hybridized carbons (Fsp3) is 0.609. The zero-order valence-corrected chi connectivity index (χ0v) is 19.1. The van der Waals surface area contributed by atoms with Crippen molar-refractivity contribution in [2.45, 2.75) is 63.5 Å². The van der Waals surface area contributed by atoms with Crippen LogP contribution in [0.3, 0.4) is 0 Å². The van der Waals surface area contributed by atoms with Crippen LogP contribution in [0, 0.1) is 0 Å². The fourth-order valence-electron chi connectivity index (χ4n) is 4.91. The summed E-state index contributed by atoms with van der Waals surface area (Å²) in [6, 6.07) is 4.12. The molecular formula is C23H29ClN4O4. The Morgan fingerprint density at radius 3 is 2.59 bits per heavy atom. The highest BCUT2D eigenvalue weighted by Crippen LogP contribution is 2.42. The molecule has 8 nitrogen and oxygen atoms in total. The third-order valence-electron chi connectivity index (χ3n) is 6.86. The number of ether oxygens (including phenoxy) is 1. The number of pyridine rings is 1. The molecule has 3 fully saturated rings. The van der Waals surface area contributed by atoms with E-state index < -0.39 is 0 Å². The Labute approximate surface area is 192 Å². The van der Waals surface area contributed by atoms with Gasteiger partial charge in [-0.3, -0.25) is 9.59 Å². The van der Waals surface area contributed by atoms with Gasteiger partial charge in [0, 0.05) is 25.2 Å². The SMILES string of the molecule is CCOc1cc(C2CC2)cc2c(Cl)c(C(=O)N3CCN(C4CCC(O)CC4)C(=O)C3)nn12. The van der Waals surface area contributed by atoms with Gasteiger partial charge in [-0.05, 0) is 63.0 Å². The highest BCUT2D eigenvalue weighted by molar-refractivity contribution is 6.36. The van der Waals surface area contributed by atoms with E-state index in [0.29, 0.717) is 42.0 Å². The molecule has 1 N–H and O–H groups in total. The van der Waals surface area contributed by atoms with Crippen LogP contribution in [0.2, 0.25) is 5.02 Å². The Kier molecular flexibility index (Phi) is 5.75. The average Bonchev–Trinajstić information content (AvgIpc) is 3.58. The van der Waals surface area contributed by atoms with Gasteiger partial charge in [0.2, 0.25) is 11.8 Å². The smallest absolute Gasteiger partial charge is 0.276 e. The van der Waals surface area contributed by atoms with Gasteiger partial charge in [0.1, 0.15) is 6.54 Å². The fourth-order valence-corrected chi connectivity index (χ4v) is 5.17. The maximum Gasteiger partial charge on any atom is 0.276 e. The van der Waals surface area contributed by atoms with E-state index in [0.717, 1.165) is 44.1 Å². The lowest BCUT2D eigenvalue weighted by Gasteiger charge is -2.41. The number of carbonyl (C=O) groups excluding carboxylic acids is 2. The van der Waals surface area contributed by atoms with E-state index in [9.17, 15) is 14.7 Å². The molecule has 0 spiro atoms. The van der Waals surface area contributed by atoms with Crippen LogP contribution in [-0.2, 0) is 4.79 Å². The first kappa shape index (κ1) is 21.5. The van der Waals surface area contributed by atoms with Crippen molar-refractivity contribution in [3.05, 3.63) is 28.4 Å². The molecule has 172 valence electrons. The molecule has 32 heavy (non-hydrogen) atoms. The average molecular weight is 461 g/mol. The Hall–Kier alpha value is -2.32. The van der Waals surface area contributed by atoms with E-state index in [1.54, 1.807) is 4.52 Å². The number of amides is 2. The van der Waals surface area contributed by atoms with Gasteiger partial charge >= 0.3 is 0 Å². The molecule has 3 heterocycles. The van der Waals surface area contributed by atoms with E-state index in [1.165, 1.54) is 4.90 Å². The van der Waals surface area contributed by atoms with Crippen LogP contribution in [0.4, 0.5) is 0 Å². The molecule has 9 heteroatoms. The maximum absolute atomic E-state index is 13.3. The van der Waals surface area contributed by atoms with E-state index >= 15 is 0 Å². The summed E-state index contributed by atoms with van der Waals surface area (Å²) in [4.78, 5) is 29.5. The largest absolute Gasteiger partial charge is 0.478 e. The monoisotopic (exact) mass is 460 g/mol. The molecule has 1 saturated heterocycles. The minimum absolute atomic E-state index is 0.0216. The predicted octanol–water partition coefficient (Wildman–Crippen LogP) is 2.85. The molecular weight excluding hydrogens is 432 g/mol. The van der Waals surface area contributed by atoms with Gasteiger partial charge in [-0.1, -0.05) is 11.6 Å². The van der Waals surface area contributed by atoms with E-state index in [2.05, 4.69) is 5.10 Å². The van der Waals surface area contributed by atoms with E-state index in [1.807, 2.05) is 24.0 Å². The predicted molar refractivity (Wildman–Crippen MR) is 119 cm³/mol. The molecule has 3 aliphatic rings. The standard InChI is InChI=1S/C23H29ClN4O4/c1-2-32-20-12-15(14-3-4-14)11-18-21(24)22(25-28(18)20)23(31)26-9-10-27(19(30)13-26)16-5-7-17(29)8-6-16/h11-12,14,16-17,29H,2-10,13H2,1H3. The Morgan fingerprint density at radius 2 is 1.94 bits per heavy atom. The third-order valence-corrected chi connectivity index (χ3v) is 7.23. The zero-order chi connectivity index (χ0) is 22.4. The quantitative estimate of drug-likeness (QED) is 0.741. The summed E-state index contributed by atoms with van der Waals surface area (Å²) in [7, 11) is 0. The number of aliphatic hydroxyl groups excluding tert-OH is 1. The molecule has 1 aliphatic heterocycles. The number of carbonyl (C=O) groups is 2. The first-order valence-electron chi connectivity index (χ1n) is 11.6. The topological polar surface area (TPSA) is 87.4 Å². The number of aliphatic hydroxyl groups is 1. The summed E-state index contributed by atoms with van der Waals surface area (Å²) in [5.41, 5.74) is 1.97. The first-order valence-corrected chi connectivity index (χ1v) is 12.0. The molecule has 2 aromatic heterocycles. The number of hydrogen-bond acceptors (Lipinski definition) is 5. The maximum atomic E-state index is 13.3. The number of halogens is 1. The molecule has 0 atom stereocenters. The molecule has 2 amide bonds. The molecule has 2 aliphatic carbocycles. The number of fused-ring (bicyclic) bond motifs is 1. The second-order valence-electron chi connectivity index (χ2n) is 9.07. The summed E-state index contributed by atoms with van der Waals surface area (Å²) in [6.07, 6.45) is 5.09. The normalized spacial score (nSPS) is 24.3. The lowest BCUT2D eigenvalue weighted by atomic mass is 9.91. The molecule has 0 aromatic carbocycles. The van der Waals surface area contributed by atoms with Crippen molar-refractivity contribution in [3.63, 3.8) is 0 Å². The van der Waals surface area contributed by atoms with Crippen LogP contribution in [0.25, 0.3) is 5.52 Å². The second-order valence-corrected chi connectivity index (χ2v) is 9.45. The minimum atomic E-state index is -0.332. The Balaban J connectivity index is 1.36. The van der Waals surface area contributed by atoms with Crippen LogP contribution in [-0.4, -0.2) is 74.7 Å². The van der Waals surface area contributed by atoms with Crippen molar-refractivity contribution in [1.82, 2.24) is 19.4 Å². The lowest BCUT2D eigenvalue weighted by molar-refractivity contribution is -0.138. The number of piperazine rings is 1. The molecule has 0 unspecified atom stereocenters. The molecule has 2 saturated carbocycles. The third kappa shape index (κ3) is 3.94. The van der Waals surface area contributed by atoms with Gasteiger partial charge in [0.25, 0.3) is 5.91 Å². The number of rotatable bonds is 5. The van der Waals surface area contributed by atoms with Crippen LogP contribution in [0.5, 0.6) is 5.88 Å². The summed E-state index contributed by atoms with van der Waals surface area (Å²) < 4.78 is 7.37. The van der Waals surface area contributed by atoms with Gasteiger partial charge in [-0.2, -0.15) is 9.61 Å². The summed E-state index contributed by atoms with van der Waals surface area (Å²) in [6.45, 7) is 3.35. The number of nitrogens with zero attached hydrogens (tertiary/aromatic N) is 4. The van der Waals surface area contributed by atoms with Crippen molar-refractivity contribution < 1.29 is 19.4 Å². The van der Waals surface area contributed by atoms with Crippen LogP contribution < -0.4 is 4.74 Å². The molecule has 0 radical (unpaired) electrons. The summed E-state index contributed by atoms with van der Waals surface area (Å²) in [5, 5.41) is 14.5. The van der Waals surface area contributed by atoms with Gasteiger partial charge in [-0.15, -0.1) is 0 Å². The van der Waals surface area contributed by atoms with Crippen molar-refractivity contribution >= 4 is 28.9 Å². The summed E-state index contributed by atoms with van der Waals surface area (Å²) >= 11 is 6.64. The van der Waals surface area contributed by atoms with Gasteiger partial charge < -0.3 is 19.6 Å². The summed E-state index contributed by atoms with van der Waals surface area (Å²) in [5.74, 6) is 0.697. The highest BCUT2D eigenvalue weighted by atomic mass is 35.5. The second kappa shape index (κ2) is 8.56. The van der Waals surface area contributed by atoms with Crippen molar-refractivity contribution in [1.29, 1.82) is 0 Å². The van der Waals surface area contributed by atoms with Crippen molar-refractivity contribution in [2.75, 3.05) is 26.2 Å². The number of aromatic nitrogens is 2. The van der Waals surface area contributed by atoms with Crippen molar-refractivity contribution in [2.24, 2.45) is 0 Å². The molecule has 0 bridgehead atoms. The zero-order valence-electron chi connectivity index (χ0n) is 18.3.